The molecule has 0 aromatic rings. The normalized spacial score (nSPS) is 47.5. The number of nitrogens with two attached hydrogens (primary N) is 6. The zero-order valence-corrected chi connectivity index (χ0v) is 26.4. The zero-order chi connectivity index (χ0) is 35.4. The number of carbonyl (C=O) groups excluding carboxylic acids is 1. The van der Waals surface area contributed by atoms with Gasteiger partial charge in [0.25, 0.3) is 0 Å². The van der Waals surface area contributed by atoms with Gasteiger partial charge in [-0.2, -0.15) is 0 Å². The molecule has 3 aliphatic heterocycles. The Morgan fingerprint density at radius 1 is 0.729 bits per heavy atom. The molecule has 0 aromatic carbocycles. The van der Waals surface area contributed by atoms with E-state index in [1.54, 1.807) is 0 Å². The Labute approximate surface area is 276 Å². The molecule has 3 heterocycles. The highest BCUT2D eigenvalue weighted by molar-refractivity contribution is 5.80. The van der Waals surface area contributed by atoms with Gasteiger partial charge in [0.2, 0.25) is 5.91 Å². The fourth-order valence-corrected chi connectivity index (χ4v) is 6.35. The predicted octanol–water partition coefficient (Wildman–Crippen LogP) is -9.00. The summed E-state index contributed by atoms with van der Waals surface area (Å²) in [5.41, 5.74) is 35.5. The van der Waals surface area contributed by atoms with E-state index in [1.165, 1.54) is 0 Å². The minimum atomic E-state index is -1.80. The van der Waals surface area contributed by atoms with E-state index < -0.39 is 129 Å². The number of carbonyl (C=O) groups is 1. The molecule has 0 radical (unpaired) electrons. The van der Waals surface area contributed by atoms with Gasteiger partial charge in [-0.3, -0.25) is 4.79 Å². The third kappa shape index (κ3) is 8.42. The molecule has 19 atom stereocenters. The van der Waals surface area contributed by atoms with E-state index >= 15 is 0 Å². The molecule has 4 aliphatic rings. The lowest BCUT2D eigenvalue weighted by molar-refractivity contribution is -0.296. The number of amides is 1. The summed E-state index contributed by atoms with van der Waals surface area (Å²) in [5.74, 6) is -0.949. The number of hydrogen-bond donors (Lipinski definition) is 14. The van der Waals surface area contributed by atoms with Gasteiger partial charge in [0.15, 0.2) is 18.9 Å². The van der Waals surface area contributed by atoms with Crippen LogP contribution in [0.2, 0.25) is 0 Å². The van der Waals surface area contributed by atoms with E-state index in [9.17, 15) is 40.5 Å². The summed E-state index contributed by atoms with van der Waals surface area (Å²) in [7, 11) is 0. The first-order valence-corrected chi connectivity index (χ1v) is 16.1. The second-order valence-electron chi connectivity index (χ2n) is 12.6. The Bertz CT molecular complexity index is 1030. The molecule has 48 heavy (non-hydrogen) atoms. The summed E-state index contributed by atoms with van der Waals surface area (Å²) in [4.78, 5) is 12.7. The van der Waals surface area contributed by atoms with Crippen molar-refractivity contribution in [2.75, 3.05) is 26.2 Å². The second-order valence-corrected chi connectivity index (χ2v) is 12.6. The van der Waals surface area contributed by atoms with Crippen molar-refractivity contribution in [3.8, 4) is 0 Å². The lowest BCUT2D eigenvalue weighted by Crippen LogP contribution is -2.73. The quantitative estimate of drug-likeness (QED) is 0.0848. The van der Waals surface area contributed by atoms with Gasteiger partial charge in [0, 0.05) is 13.1 Å². The van der Waals surface area contributed by atoms with E-state index in [4.69, 9.17) is 62.8 Å². The van der Waals surface area contributed by atoms with Gasteiger partial charge >= 0.3 is 0 Å². The smallest absolute Gasteiger partial charge is 0.249 e. The predicted molar refractivity (Wildman–Crippen MR) is 161 cm³/mol. The first-order valence-electron chi connectivity index (χ1n) is 16.1. The zero-order valence-electron chi connectivity index (χ0n) is 26.4. The molecule has 0 bridgehead atoms. The largest absolute Gasteiger partial charge is 0.394 e. The van der Waals surface area contributed by atoms with Gasteiger partial charge in [-0.25, -0.2) is 0 Å². The molecule has 4 rings (SSSR count). The highest BCUT2D eigenvalue weighted by Crippen LogP contribution is 2.34. The molecule has 280 valence electrons. The maximum atomic E-state index is 12.7. The molecule has 4 fully saturated rings. The van der Waals surface area contributed by atoms with Crippen LogP contribution in [0.4, 0.5) is 0 Å². The average Bonchev–Trinajstić information content (AvgIpc) is 3.37. The molecule has 21 nitrogen and oxygen atoms in total. The van der Waals surface area contributed by atoms with E-state index in [-0.39, 0.29) is 26.1 Å². The molecule has 21 heteroatoms. The van der Waals surface area contributed by atoms with E-state index in [0.717, 1.165) is 0 Å². The van der Waals surface area contributed by atoms with Crippen molar-refractivity contribution in [2.24, 2.45) is 34.4 Å². The minimum Gasteiger partial charge on any atom is -0.394 e. The van der Waals surface area contributed by atoms with Crippen LogP contribution in [-0.4, -0.2) is 184 Å². The van der Waals surface area contributed by atoms with Crippen molar-refractivity contribution < 1.29 is 69.0 Å². The summed E-state index contributed by atoms with van der Waals surface area (Å²) < 4.78 is 35.2. The summed E-state index contributed by atoms with van der Waals surface area (Å²) in [6.45, 7) is -0.760. The summed E-state index contributed by atoms with van der Waals surface area (Å²) >= 11 is 0. The highest BCUT2D eigenvalue weighted by Gasteiger charge is 2.56. The number of ether oxygens (including phenoxy) is 6. The first kappa shape index (κ1) is 39.5. The number of rotatable bonds is 13. The number of hydrogen-bond acceptors (Lipinski definition) is 20. The molecule has 0 unspecified atom stereocenters. The lowest BCUT2D eigenvalue weighted by Gasteiger charge is -2.48. The average molecular weight is 700 g/mol. The Morgan fingerprint density at radius 3 is 2.00 bits per heavy atom. The molecular formula is C27H53N7O14. The van der Waals surface area contributed by atoms with Crippen molar-refractivity contribution in [1.82, 2.24) is 5.32 Å². The molecule has 3 saturated heterocycles. The van der Waals surface area contributed by atoms with Crippen LogP contribution < -0.4 is 39.7 Å². The van der Waals surface area contributed by atoms with Gasteiger partial charge in [-0.15, -0.1) is 0 Å². The van der Waals surface area contributed by atoms with Gasteiger partial charge in [0.05, 0.1) is 43.0 Å². The number of aliphatic hydroxyl groups is 7. The first-order chi connectivity index (χ1) is 22.8. The van der Waals surface area contributed by atoms with Gasteiger partial charge in [-0.1, -0.05) is 0 Å². The van der Waals surface area contributed by atoms with Gasteiger partial charge in [-0.05, 0) is 25.8 Å². The van der Waals surface area contributed by atoms with Crippen molar-refractivity contribution >= 4 is 5.91 Å². The van der Waals surface area contributed by atoms with Crippen LogP contribution in [0.5, 0.6) is 0 Å². The molecular weight excluding hydrogens is 646 g/mol. The van der Waals surface area contributed by atoms with Crippen molar-refractivity contribution in [2.45, 2.75) is 136 Å². The minimum absolute atomic E-state index is 0.0215. The van der Waals surface area contributed by atoms with E-state index in [2.05, 4.69) is 5.32 Å². The Balaban J connectivity index is 1.58. The monoisotopic (exact) mass is 699 g/mol. The lowest BCUT2D eigenvalue weighted by atomic mass is 9.81. The summed E-state index contributed by atoms with van der Waals surface area (Å²) in [6.07, 6.45) is -20.0. The molecule has 1 saturated carbocycles. The van der Waals surface area contributed by atoms with Crippen LogP contribution in [-0.2, 0) is 33.2 Å². The third-order valence-electron chi connectivity index (χ3n) is 9.31. The molecule has 20 N–H and O–H groups in total. The van der Waals surface area contributed by atoms with Crippen LogP contribution in [0.3, 0.4) is 0 Å². The Morgan fingerprint density at radius 2 is 1.38 bits per heavy atom. The summed E-state index contributed by atoms with van der Waals surface area (Å²) in [6, 6.07) is -4.84. The number of aliphatic hydroxyl groups excluding tert-OH is 7. The van der Waals surface area contributed by atoms with Crippen molar-refractivity contribution in [3.63, 3.8) is 0 Å². The van der Waals surface area contributed by atoms with E-state index in [0.29, 0.717) is 12.8 Å². The van der Waals surface area contributed by atoms with Crippen molar-refractivity contribution in [3.05, 3.63) is 0 Å². The Kier molecular flexibility index (Phi) is 14.2. The van der Waals surface area contributed by atoms with E-state index in [1.807, 2.05) is 0 Å². The standard InChI is InChI=1S/C27H53N7O14/c28-4-3-10(36)24(42)34-15-17(38)13(32)22(47-25-9(31)2-1-8(5-29)43-25)23(19(15)40)48-27-20(41)21(12(7-35)45-27)46-26-14(33)18(39)16(37)11(6-30)44-26/h8-23,25-27,35-41H,1-7,28-33H2,(H,34,42)/t8-,9+,10-,11-,12+,13-,14+,15+,16+,17-,18+,19-,20+,21+,22+,23+,25+,26+,27-/m0/s1. The van der Waals surface area contributed by atoms with Crippen molar-refractivity contribution in [1.29, 1.82) is 0 Å². The van der Waals surface area contributed by atoms with Crippen LogP contribution in [0.25, 0.3) is 0 Å². The fraction of sp³-hybridized carbons (Fsp3) is 0.963. The van der Waals surface area contributed by atoms with Crippen LogP contribution >= 0.6 is 0 Å². The van der Waals surface area contributed by atoms with Crippen LogP contribution in [0, 0.1) is 0 Å². The number of nitrogens with one attached hydrogen (secondary N) is 1. The maximum Gasteiger partial charge on any atom is 0.249 e. The topological polar surface area (TPSA) is 382 Å². The molecule has 1 aliphatic carbocycles. The molecule has 0 aromatic heterocycles. The van der Waals surface area contributed by atoms with Crippen LogP contribution in [0.15, 0.2) is 0 Å². The maximum absolute atomic E-state index is 12.7. The van der Waals surface area contributed by atoms with Gasteiger partial charge < -0.3 is 104 Å². The molecule has 1 amide bonds. The molecule has 0 spiro atoms. The second kappa shape index (κ2) is 17.3. The SMILES string of the molecule is NCC[C@H](O)C(=O)N[C@@H]1[C@@H](O)[C@H](N)[C@@H](O[C@H]2O[C@H](CN)CC[C@H]2N)[C@H](O[C@@H]2O[C@H](CO)[C@@H](O[C@H]3O[C@@H](CN)[C@@H](O)[C@H](O)[C@H]3N)[C@H]2O)[C@H]1O. The highest BCUT2D eigenvalue weighted by atomic mass is 16.8. The van der Waals surface area contributed by atoms with Gasteiger partial charge in [0.1, 0.15) is 61.0 Å². The fourth-order valence-electron chi connectivity index (χ4n) is 6.35. The van der Waals surface area contributed by atoms with Crippen LogP contribution in [0.1, 0.15) is 19.3 Å². The summed E-state index contributed by atoms with van der Waals surface area (Å²) in [5, 5.41) is 77.1. The Hall–Kier alpha value is -1.29. The third-order valence-corrected chi connectivity index (χ3v) is 9.31.